The van der Waals surface area contributed by atoms with Crippen molar-refractivity contribution in [2.45, 2.75) is 46.1 Å². The highest BCUT2D eigenvalue weighted by Gasteiger charge is 2.24. The average Bonchev–Trinajstić information content (AvgIpc) is 2.62. The molecule has 1 aromatic carbocycles. The summed E-state index contributed by atoms with van der Waals surface area (Å²) in [7, 11) is 0. The zero-order chi connectivity index (χ0) is 20.7. The smallest absolute Gasteiger partial charge is 0.407 e. The fraction of sp³-hybridized carbons (Fsp3) is 0.571. The van der Waals surface area contributed by atoms with Gasteiger partial charge in [-0.1, -0.05) is 24.3 Å². The molecule has 1 aliphatic heterocycles. The molecular weight excluding hydrogens is 358 g/mol. The molecule has 7 nitrogen and oxygen atoms in total. The minimum Gasteiger partial charge on any atom is -0.444 e. The van der Waals surface area contributed by atoms with Crippen LogP contribution in [0.3, 0.4) is 0 Å². The second-order valence-corrected chi connectivity index (χ2v) is 8.04. The van der Waals surface area contributed by atoms with Gasteiger partial charge in [0.15, 0.2) is 0 Å². The first-order chi connectivity index (χ1) is 13.2. The number of hydrogen-bond acceptors (Lipinski definition) is 4. The van der Waals surface area contributed by atoms with E-state index in [4.69, 9.17) is 4.74 Å². The fourth-order valence-corrected chi connectivity index (χ4v) is 3.03. The number of nitrogens with one attached hydrogen (secondary N) is 1. The molecule has 28 heavy (non-hydrogen) atoms. The van der Waals surface area contributed by atoms with Crippen LogP contribution in [-0.4, -0.2) is 66.0 Å². The van der Waals surface area contributed by atoms with Gasteiger partial charge in [-0.25, -0.2) is 4.79 Å². The van der Waals surface area contributed by atoms with Crippen molar-refractivity contribution in [1.29, 1.82) is 0 Å². The van der Waals surface area contributed by atoms with Gasteiger partial charge >= 0.3 is 6.09 Å². The van der Waals surface area contributed by atoms with Crippen molar-refractivity contribution in [1.82, 2.24) is 15.1 Å². The van der Waals surface area contributed by atoms with E-state index >= 15 is 0 Å². The number of aryl methyl sites for hydroxylation is 1. The summed E-state index contributed by atoms with van der Waals surface area (Å²) < 4.78 is 5.14. The van der Waals surface area contributed by atoms with Gasteiger partial charge in [-0.05, 0) is 38.8 Å². The standard InChI is InChI=1S/C21H31N3O4/c1-16-7-5-6-8-17(16)15-19(26)24-13-11-23(12-14-24)18(25)9-10-22-20(27)28-21(2,3)4/h5-8H,9-15H2,1-4H3,(H,22,27). The van der Waals surface area contributed by atoms with Gasteiger partial charge in [0, 0.05) is 39.1 Å². The maximum atomic E-state index is 12.5. The van der Waals surface area contributed by atoms with Crippen LogP contribution in [0.2, 0.25) is 0 Å². The summed E-state index contributed by atoms with van der Waals surface area (Å²) >= 11 is 0. The lowest BCUT2D eigenvalue weighted by Gasteiger charge is -2.35. The molecule has 154 valence electrons. The number of carbonyl (C=O) groups is 3. The molecule has 1 saturated heterocycles. The molecule has 0 aliphatic carbocycles. The van der Waals surface area contributed by atoms with Gasteiger partial charge in [0.1, 0.15) is 5.60 Å². The van der Waals surface area contributed by atoms with Gasteiger partial charge in [0.05, 0.1) is 6.42 Å². The monoisotopic (exact) mass is 389 g/mol. The van der Waals surface area contributed by atoms with E-state index in [-0.39, 0.29) is 24.8 Å². The third-order valence-corrected chi connectivity index (χ3v) is 4.60. The van der Waals surface area contributed by atoms with Crippen LogP contribution >= 0.6 is 0 Å². The molecule has 0 unspecified atom stereocenters. The number of benzene rings is 1. The Morgan fingerprint density at radius 2 is 1.57 bits per heavy atom. The predicted molar refractivity (Wildman–Crippen MR) is 107 cm³/mol. The number of ether oxygens (including phenoxy) is 1. The summed E-state index contributed by atoms with van der Waals surface area (Å²) in [5.74, 6) is 0.0649. The number of rotatable bonds is 5. The number of amides is 3. The SMILES string of the molecule is Cc1ccccc1CC(=O)N1CCN(C(=O)CCNC(=O)OC(C)(C)C)CC1. The average molecular weight is 389 g/mol. The van der Waals surface area contributed by atoms with Crippen molar-refractivity contribution in [2.24, 2.45) is 0 Å². The van der Waals surface area contributed by atoms with Crippen molar-refractivity contribution < 1.29 is 19.1 Å². The molecule has 1 aromatic rings. The molecule has 2 rings (SSSR count). The van der Waals surface area contributed by atoms with E-state index < -0.39 is 11.7 Å². The Morgan fingerprint density at radius 1 is 1.00 bits per heavy atom. The van der Waals surface area contributed by atoms with Gasteiger partial charge in [0.2, 0.25) is 11.8 Å². The molecule has 1 aliphatic rings. The molecule has 1 heterocycles. The van der Waals surface area contributed by atoms with E-state index in [1.165, 1.54) is 0 Å². The van der Waals surface area contributed by atoms with Crippen LogP contribution < -0.4 is 5.32 Å². The summed E-state index contributed by atoms with van der Waals surface area (Å²) in [6.45, 7) is 9.72. The molecule has 7 heteroatoms. The highest BCUT2D eigenvalue weighted by molar-refractivity contribution is 5.80. The Kier molecular flexibility index (Phi) is 7.43. The molecule has 1 N–H and O–H groups in total. The molecule has 0 aromatic heterocycles. The van der Waals surface area contributed by atoms with Crippen LogP contribution in [0.1, 0.15) is 38.3 Å². The lowest BCUT2D eigenvalue weighted by molar-refractivity contribution is -0.139. The van der Waals surface area contributed by atoms with Crippen LogP contribution in [0.25, 0.3) is 0 Å². The lowest BCUT2D eigenvalue weighted by atomic mass is 10.1. The zero-order valence-electron chi connectivity index (χ0n) is 17.3. The quantitative estimate of drug-likeness (QED) is 0.837. The number of carbonyl (C=O) groups excluding carboxylic acids is 3. The van der Waals surface area contributed by atoms with Crippen LogP contribution in [0, 0.1) is 6.92 Å². The molecule has 0 atom stereocenters. The number of alkyl carbamates (subject to hydrolysis) is 1. The molecule has 0 bridgehead atoms. The Bertz CT molecular complexity index is 704. The van der Waals surface area contributed by atoms with Gasteiger partial charge < -0.3 is 19.9 Å². The van der Waals surface area contributed by atoms with Crippen molar-refractivity contribution in [3.8, 4) is 0 Å². The largest absolute Gasteiger partial charge is 0.444 e. The molecule has 1 fully saturated rings. The molecule has 0 saturated carbocycles. The highest BCUT2D eigenvalue weighted by Crippen LogP contribution is 2.11. The van der Waals surface area contributed by atoms with Gasteiger partial charge in [-0.15, -0.1) is 0 Å². The van der Waals surface area contributed by atoms with E-state index in [0.717, 1.165) is 11.1 Å². The summed E-state index contributed by atoms with van der Waals surface area (Å²) in [6.07, 6.45) is 0.0866. The zero-order valence-corrected chi connectivity index (χ0v) is 17.3. The molecule has 0 spiro atoms. The maximum Gasteiger partial charge on any atom is 0.407 e. The van der Waals surface area contributed by atoms with E-state index in [1.54, 1.807) is 25.7 Å². The van der Waals surface area contributed by atoms with Crippen LogP contribution in [0.4, 0.5) is 4.79 Å². The highest BCUT2D eigenvalue weighted by atomic mass is 16.6. The van der Waals surface area contributed by atoms with Crippen molar-refractivity contribution in [3.63, 3.8) is 0 Å². The molecular formula is C21H31N3O4. The number of hydrogen-bond donors (Lipinski definition) is 1. The van der Waals surface area contributed by atoms with Gasteiger partial charge in [-0.3, -0.25) is 9.59 Å². The third kappa shape index (κ3) is 6.87. The van der Waals surface area contributed by atoms with Crippen molar-refractivity contribution in [2.75, 3.05) is 32.7 Å². The summed E-state index contributed by atoms with van der Waals surface area (Å²) in [4.78, 5) is 40.0. The van der Waals surface area contributed by atoms with Gasteiger partial charge in [-0.2, -0.15) is 0 Å². The topological polar surface area (TPSA) is 79.0 Å². The lowest BCUT2D eigenvalue weighted by Crippen LogP contribution is -2.51. The fourth-order valence-electron chi connectivity index (χ4n) is 3.03. The first-order valence-electron chi connectivity index (χ1n) is 9.72. The van der Waals surface area contributed by atoms with E-state index in [9.17, 15) is 14.4 Å². The molecule has 3 amide bonds. The summed E-state index contributed by atoms with van der Waals surface area (Å²) in [5.41, 5.74) is 1.59. The Balaban J connectivity index is 1.71. The summed E-state index contributed by atoms with van der Waals surface area (Å²) in [6, 6.07) is 7.89. The second-order valence-electron chi connectivity index (χ2n) is 8.04. The Labute approximate surface area is 167 Å². The van der Waals surface area contributed by atoms with E-state index in [1.807, 2.05) is 36.1 Å². The first-order valence-corrected chi connectivity index (χ1v) is 9.72. The van der Waals surface area contributed by atoms with Crippen LogP contribution in [-0.2, 0) is 20.7 Å². The van der Waals surface area contributed by atoms with E-state index in [2.05, 4.69) is 5.32 Å². The Hall–Kier alpha value is -2.57. The second kappa shape index (κ2) is 9.57. The van der Waals surface area contributed by atoms with Gasteiger partial charge in [0.25, 0.3) is 0 Å². The van der Waals surface area contributed by atoms with Crippen LogP contribution in [0.15, 0.2) is 24.3 Å². The van der Waals surface area contributed by atoms with Crippen LogP contribution in [0.5, 0.6) is 0 Å². The minimum atomic E-state index is -0.560. The normalized spacial score (nSPS) is 14.6. The minimum absolute atomic E-state index is 0.0259. The van der Waals surface area contributed by atoms with Crippen molar-refractivity contribution >= 4 is 17.9 Å². The first kappa shape index (κ1) is 21.7. The predicted octanol–water partition coefficient (Wildman–Crippen LogP) is 2.12. The summed E-state index contributed by atoms with van der Waals surface area (Å²) in [5, 5.41) is 2.60. The van der Waals surface area contributed by atoms with E-state index in [0.29, 0.717) is 32.6 Å². The maximum absolute atomic E-state index is 12.5. The molecule has 0 radical (unpaired) electrons. The number of nitrogens with zero attached hydrogens (tertiary/aromatic N) is 2. The van der Waals surface area contributed by atoms with Crippen molar-refractivity contribution in [3.05, 3.63) is 35.4 Å². The third-order valence-electron chi connectivity index (χ3n) is 4.60. The Morgan fingerprint density at radius 3 is 2.14 bits per heavy atom. The number of piperazine rings is 1.